The van der Waals surface area contributed by atoms with Gasteiger partial charge < -0.3 is 9.88 Å². The molecule has 6 heteroatoms. The predicted molar refractivity (Wildman–Crippen MR) is 141 cm³/mol. The first-order valence-corrected chi connectivity index (χ1v) is 12.5. The van der Waals surface area contributed by atoms with Crippen LogP contribution < -0.4 is 5.32 Å². The van der Waals surface area contributed by atoms with Crippen molar-refractivity contribution < 1.29 is 4.79 Å². The summed E-state index contributed by atoms with van der Waals surface area (Å²) in [5.41, 5.74) is 5.45. The first kappa shape index (κ1) is 22.7. The minimum absolute atomic E-state index is 0.0124. The van der Waals surface area contributed by atoms with E-state index in [-0.39, 0.29) is 5.57 Å². The molecule has 0 saturated carbocycles. The van der Waals surface area contributed by atoms with Crippen LogP contribution in [0.3, 0.4) is 0 Å². The Kier molecular flexibility index (Phi) is 5.99. The highest BCUT2D eigenvalue weighted by Crippen LogP contribution is 2.38. The van der Waals surface area contributed by atoms with E-state index in [2.05, 4.69) is 46.3 Å². The van der Waals surface area contributed by atoms with Gasteiger partial charge in [-0.2, -0.15) is 10.5 Å². The second-order valence-corrected chi connectivity index (χ2v) is 9.92. The Morgan fingerprint density at radius 2 is 1.86 bits per heavy atom. The summed E-state index contributed by atoms with van der Waals surface area (Å²) in [6.45, 7) is 4.02. The first-order chi connectivity index (χ1) is 17.0. The van der Waals surface area contributed by atoms with Crippen LogP contribution >= 0.6 is 11.3 Å². The minimum Gasteiger partial charge on any atom is -0.317 e. The Balaban J connectivity index is 1.50. The number of nitrogens with zero attached hydrogens (tertiary/aromatic N) is 3. The standard InChI is InChI=1S/C29H24N4OS/c1-18-14-21(19(2)33(18)26-12-7-9-20-8-3-4-10-23(20)26)15-22(16-30)28(34)32-29-25(17-31)24-11-5-6-13-27(24)35-29/h3-4,7-10,12,14-15H,5-6,11,13H2,1-2H3,(H,32,34). The summed E-state index contributed by atoms with van der Waals surface area (Å²) in [6.07, 6.45) is 5.60. The average Bonchev–Trinajstić information content (AvgIpc) is 3.36. The van der Waals surface area contributed by atoms with Crippen molar-refractivity contribution >= 4 is 39.1 Å². The maximum absolute atomic E-state index is 13.1. The summed E-state index contributed by atoms with van der Waals surface area (Å²) in [5, 5.41) is 25.2. The molecule has 35 heavy (non-hydrogen) atoms. The summed E-state index contributed by atoms with van der Waals surface area (Å²) < 4.78 is 2.15. The van der Waals surface area contributed by atoms with E-state index in [9.17, 15) is 15.3 Å². The number of carbonyl (C=O) groups excluding carboxylic acids is 1. The largest absolute Gasteiger partial charge is 0.317 e. The topological polar surface area (TPSA) is 81.6 Å². The van der Waals surface area contributed by atoms with Crippen LogP contribution in [0.4, 0.5) is 5.00 Å². The Labute approximate surface area is 208 Å². The molecular weight excluding hydrogens is 452 g/mol. The smallest absolute Gasteiger partial charge is 0.266 e. The van der Waals surface area contributed by atoms with Crippen LogP contribution in [-0.4, -0.2) is 10.5 Å². The van der Waals surface area contributed by atoms with Gasteiger partial charge in [0.05, 0.1) is 11.3 Å². The molecule has 2 aromatic carbocycles. The molecule has 1 aliphatic carbocycles. The lowest BCUT2D eigenvalue weighted by molar-refractivity contribution is -0.112. The van der Waals surface area contributed by atoms with Gasteiger partial charge in [0, 0.05) is 21.7 Å². The number of hydrogen-bond donors (Lipinski definition) is 1. The molecule has 1 amide bonds. The normalized spacial score (nSPS) is 13.2. The number of fused-ring (bicyclic) bond motifs is 2. The zero-order chi connectivity index (χ0) is 24.5. The average molecular weight is 477 g/mol. The molecule has 0 unspecified atom stereocenters. The summed E-state index contributed by atoms with van der Waals surface area (Å²) in [5.74, 6) is -0.488. The SMILES string of the molecule is Cc1cc(C=C(C#N)C(=O)Nc2sc3c(c2C#N)CCCC3)c(C)n1-c1cccc2ccccc12. The van der Waals surface area contributed by atoms with E-state index >= 15 is 0 Å². The second kappa shape index (κ2) is 9.25. The van der Waals surface area contributed by atoms with Gasteiger partial charge in [0.2, 0.25) is 0 Å². The summed E-state index contributed by atoms with van der Waals surface area (Å²) >= 11 is 1.46. The Morgan fingerprint density at radius 1 is 1.09 bits per heavy atom. The van der Waals surface area contributed by atoms with Gasteiger partial charge in [-0.1, -0.05) is 36.4 Å². The molecule has 5 nitrogen and oxygen atoms in total. The van der Waals surface area contributed by atoms with Crippen LogP contribution in [0.15, 0.2) is 54.1 Å². The van der Waals surface area contributed by atoms with Gasteiger partial charge in [-0.3, -0.25) is 4.79 Å². The highest BCUT2D eigenvalue weighted by Gasteiger charge is 2.23. The zero-order valence-electron chi connectivity index (χ0n) is 19.7. The molecule has 1 N–H and O–H groups in total. The van der Waals surface area contributed by atoms with Crippen molar-refractivity contribution in [2.24, 2.45) is 0 Å². The Morgan fingerprint density at radius 3 is 2.66 bits per heavy atom. The number of aryl methyl sites for hydroxylation is 2. The molecule has 0 spiro atoms. The number of anilines is 1. The van der Waals surface area contributed by atoms with Gasteiger partial charge in [0.1, 0.15) is 22.7 Å². The number of nitriles is 2. The quantitative estimate of drug-likeness (QED) is 0.266. The molecule has 0 aliphatic heterocycles. The molecule has 0 atom stereocenters. The third kappa shape index (κ3) is 4.03. The Bertz CT molecular complexity index is 1580. The highest BCUT2D eigenvalue weighted by molar-refractivity contribution is 7.16. The fourth-order valence-electron chi connectivity index (χ4n) is 4.95. The zero-order valence-corrected chi connectivity index (χ0v) is 20.5. The molecule has 2 aromatic heterocycles. The minimum atomic E-state index is -0.488. The van der Waals surface area contributed by atoms with Crippen LogP contribution in [0, 0.1) is 36.5 Å². The molecule has 5 rings (SSSR count). The van der Waals surface area contributed by atoms with E-state index in [0.29, 0.717) is 10.6 Å². The molecule has 0 radical (unpaired) electrons. The Hall–Kier alpha value is -4.13. The van der Waals surface area contributed by atoms with E-state index in [1.54, 1.807) is 6.08 Å². The van der Waals surface area contributed by atoms with E-state index in [1.165, 1.54) is 16.2 Å². The van der Waals surface area contributed by atoms with Crippen molar-refractivity contribution in [2.75, 3.05) is 5.32 Å². The summed E-state index contributed by atoms with van der Waals surface area (Å²) in [7, 11) is 0. The van der Waals surface area contributed by atoms with Gasteiger partial charge in [0.25, 0.3) is 5.91 Å². The number of rotatable bonds is 4. The number of amides is 1. The van der Waals surface area contributed by atoms with E-state index in [1.807, 2.05) is 38.1 Å². The lowest BCUT2D eigenvalue weighted by atomic mass is 9.96. The van der Waals surface area contributed by atoms with Crippen LogP contribution in [0.1, 0.15) is 45.8 Å². The monoisotopic (exact) mass is 476 g/mol. The van der Waals surface area contributed by atoms with Gasteiger partial charge >= 0.3 is 0 Å². The first-order valence-electron chi connectivity index (χ1n) is 11.7. The van der Waals surface area contributed by atoms with Crippen molar-refractivity contribution in [1.82, 2.24) is 4.57 Å². The summed E-state index contributed by atoms with van der Waals surface area (Å²) in [6, 6.07) is 20.7. The van der Waals surface area contributed by atoms with Crippen LogP contribution in [0.25, 0.3) is 22.5 Å². The number of carbonyl (C=O) groups is 1. The van der Waals surface area contributed by atoms with E-state index < -0.39 is 5.91 Å². The van der Waals surface area contributed by atoms with Gasteiger partial charge in [-0.05, 0) is 74.3 Å². The maximum Gasteiger partial charge on any atom is 0.266 e. The second-order valence-electron chi connectivity index (χ2n) is 8.81. The van der Waals surface area contributed by atoms with Gasteiger partial charge in [0.15, 0.2) is 0 Å². The van der Waals surface area contributed by atoms with Crippen molar-refractivity contribution in [2.45, 2.75) is 39.5 Å². The van der Waals surface area contributed by atoms with Crippen LogP contribution in [0.5, 0.6) is 0 Å². The van der Waals surface area contributed by atoms with Crippen molar-refractivity contribution in [3.8, 4) is 17.8 Å². The maximum atomic E-state index is 13.1. The number of nitrogens with one attached hydrogen (secondary N) is 1. The number of benzene rings is 2. The number of thiophene rings is 1. The lowest BCUT2D eigenvalue weighted by Gasteiger charge is -2.13. The van der Waals surface area contributed by atoms with Crippen molar-refractivity contribution in [1.29, 1.82) is 10.5 Å². The highest BCUT2D eigenvalue weighted by atomic mass is 32.1. The van der Waals surface area contributed by atoms with Crippen LogP contribution in [-0.2, 0) is 17.6 Å². The molecule has 1 aliphatic rings. The molecule has 2 heterocycles. The molecular formula is C29H24N4OS. The summed E-state index contributed by atoms with van der Waals surface area (Å²) in [4.78, 5) is 14.2. The fourth-order valence-corrected chi connectivity index (χ4v) is 6.19. The van der Waals surface area contributed by atoms with Crippen molar-refractivity contribution in [3.63, 3.8) is 0 Å². The van der Waals surface area contributed by atoms with E-state index in [0.717, 1.165) is 64.7 Å². The molecule has 4 aromatic rings. The molecule has 0 fully saturated rings. The lowest BCUT2D eigenvalue weighted by Crippen LogP contribution is -2.13. The van der Waals surface area contributed by atoms with Gasteiger partial charge in [-0.25, -0.2) is 0 Å². The fraction of sp³-hybridized carbons (Fsp3) is 0.207. The molecule has 0 saturated heterocycles. The number of aromatic nitrogens is 1. The number of hydrogen-bond acceptors (Lipinski definition) is 4. The van der Waals surface area contributed by atoms with Gasteiger partial charge in [-0.15, -0.1) is 11.3 Å². The predicted octanol–water partition coefficient (Wildman–Crippen LogP) is 6.61. The molecule has 0 bridgehead atoms. The molecule has 172 valence electrons. The third-order valence-electron chi connectivity index (χ3n) is 6.65. The van der Waals surface area contributed by atoms with Crippen molar-refractivity contribution in [3.05, 3.63) is 87.1 Å². The van der Waals surface area contributed by atoms with Crippen LogP contribution in [0.2, 0.25) is 0 Å². The third-order valence-corrected chi connectivity index (χ3v) is 7.86. The van der Waals surface area contributed by atoms with E-state index in [4.69, 9.17) is 0 Å².